The summed E-state index contributed by atoms with van der Waals surface area (Å²) in [6.07, 6.45) is -1.87. The van der Waals surface area contributed by atoms with E-state index in [1.807, 2.05) is 0 Å². The van der Waals surface area contributed by atoms with Gasteiger partial charge in [0.05, 0.1) is 16.6 Å². The molecule has 108 valence electrons. The molecule has 0 radical (unpaired) electrons. The Morgan fingerprint density at radius 3 is 2.60 bits per heavy atom. The Balaban J connectivity index is 2.64. The highest BCUT2D eigenvalue weighted by atomic mass is 19.1. The highest BCUT2D eigenvalue weighted by molar-refractivity contribution is 5.94. The Labute approximate surface area is 112 Å². The van der Waals surface area contributed by atoms with Crippen LogP contribution in [0.2, 0.25) is 0 Å². The third-order valence-corrected chi connectivity index (χ3v) is 2.40. The van der Waals surface area contributed by atoms with Crippen LogP contribution in [0, 0.1) is 15.9 Å². The van der Waals surface area contributed by atoms with Gasteiger partial charge in [0.25, 0.3) is 11.6 Å². The molecular weight excluding hydrogens is 275 g/mol. The molecule has 9 heteroatoms. The fourth-order valence-electron chi connectivity index (χ4n) is 1.34. The highest BCUT2D eigenvalue weighted by Gasteiger charge is 2.17. The molecular formula is C11H11FN2O6. The van der Waals surface area contributed by atoms with Crippen LogP contribution in [0.25, 0.3) is 0 Å². The number of aliphatic hydroxyl groups is 1. The molecule has 0 aromatic heterocycles. The molecule has 1 amide bonds. The third-order valence-electron chi connectivity index (χ3n) is 2.40. The quantitative estimate of drug-likeness (QED) is 0.509. The number of carboxylic acid groups (broad SMARTS) is 1. The second-order valence-electron chi connectivity index (χ2n) is 3.82. The van der Waals surface area contributed by atoms with Crippen molar-refractivity contribution >= 4 is 17.6 Å². The molecule has 0 saturated heterocycles. The summed E-state index contributed by atoms with van der Waals surface area (Å²) in [7, 11) is 0. The Morgan fingerprint density at radius 2 is 2.10 bits per heavy atom. The molecule has 0 saturated carbocycles. The number of nitrogens with one attached hydrogen (secondary N) is 1. The number of carboxylic acids is 1. The molecule has 0 fully saturated rings. The van der Waals surface area contributed by atoms with Gasteiger partial charge in [-0.15, -0.1) is 0 Å². The minimum absolute atomic E-state index is 0.178. The van der Waals surface area contributed by atoms with Crippen molar-refractivity contribution in [3.05, 3.63) is 39.7 Å². The topological polar surface area (TPSA) is 130 Å². The largest absolute Gasteiger partial charge is 0.479 e. The van der Waals surface area contributed by atoms with Gasteiger partial charge in [0.15, 0.2) is 6.10 Å². The zero-order valence-corrected chi connectivity index (χ0v) is 10.1. The Kier molecular flexibility index (Phi) is 5.09. The maximum absolute atomic E-state index is 13.5. The zero-order chi connectivity index (χ0) is 15.3. The van der Waals surface area contributed by atoms with Gasteiger partial charge in [-0.05, 0) is 6.07 Å². The molecule has 20 heavy (non-hydrogen) atoms. The van der Waals surface area contributed by atoms with Crippen LogP contribution in [-0.4, -0.2) is 39.7 Å². The molecule has 1 atom stereocenters. The number of benzene rings is 1. The van der Waals surface area contributed by atoms with Crippen molar-refractivity contribution in [2.24, 2.45) is 0 Å². The second kappa shape index (κ2) is 6.57. The van der Waals surface area contributed by atoms with E-state index in [1.165, 1.54) is 0 Å². The zero-order valence-electron chi connectivity index (χ0n) is 10.1. The van der Waals surface area contributed by atoms with Crippen molar-refractivity contribution in [2.75, 3.05) is 6.54 Å². The van der Waals surface area contributed by atoms with Gasteiger partial charge >= 0.3 is 5.97 Å². The van der Waals surface area contributed by atoms with E-state index in [1.54, 1.807) is 0 Å². The van der Waals surface area contributed by atoms with E-state index in [0.29, 0.717) is 6.07 Å². The Bertz CT molecular complexity index is 548. The van der Waals surface area contributed by atoms with Gasteiger partial charge in [-0.3, -0.25) is 14.9 Å². The smallest absolute Gasteiger partial charge is 0.332 e. The summed E-state index contributed by atoms with van der Waals surface area (Å²) in [5, 5.41) is 30.0. The lowest BCUT2D eigenvalue weighted by Gasteiger charge is -2.07. The number of nitro groups is 1. The van der Waals surface area contributed by atoms with Gasteiger partial charge in [0.1, 0.15) is 5.82 Å². The van der Waals surface area contributed by atoms with Gasteiger partial charge in [0, 0.05) is 19.0 Å². The average molecular weight is 286 g/mol. The van der Waals surface area contributed by atoms with E-state index >= 15 is 0 Å². The number of aliphatic carboxylic acids is 1. The maximum atomic E-state index is 13.5. The summed E-state index contributed by atoms with van der Waals surface area (Å²) in [6.45, 7) is -0.178. The number of aliphatic hydroxyl groups excluding tert-OH is 1. The fraction of sp³-hybridized carbons (Fsp3) is 0.273. The van der Waals surface area contributed by atoms with Crippen LogP contribution in [0.5, 0.6) is 0 Å². The average Bonchev–Trinajstić information content (AvgIpc) is 2.37. The molecule has 1 rings (SSSR count). The molecule has 8 nitrogen and oxygen atoms in total. The molecule has 1 aromatic carbocycles. The minimum Gasteiger partial charge on any atom is -0.479 e. The van der Waals surface area contributed by atoms with Gasteiger partial charge in [-0.1, -0.05) is 0 Å². The molecule has 0 heterocycles. The number of non-ortho nitro benzene ring substituents is 1. The van der Waals surface area contributed by atoms with Crippen molar-refractivity contribution in [3.63, 3.8) is 0 Å². The monoisotopic (exact) mass is 286 g/mol. The molecule has 0 aliphatic heterocycles. The Morgan fingerprint density at radius 1 is 1.45 bits per heavy atom. The van der Waals surface area contributed by atoms with Crippen LogP contribution in [0.1, 0.15) is 16.8 Å². The minimum atomic E-state index is -1.63. The van der Waals surface area contributed by atoms with Gasteiger partial charge in [-0.2, -0.15) is 0 Å². The number of nitro benzene ring substituents is 1. The highest BCUT2D eigenvalue weighted by Crippen LogP contribution is 2.16. The number of rotatable bonds is 6. The van der Waals surface area contributed by atoms with Crippen LogP contribution in [-0.2, 0) is 4.79 Å². The summed E-state index contributed by atoms with van der Waals surface area (Å²) in [6, 6.07) is 2.54. The van der Waals surface area contributed by atoms with Crippen LogP contribution >= 0.6 is 0 Å². The predicted octanol–water partition coefficient (Wildman–Crippen LogP) is 0.299. The molecule has 1 aromatic rings. The molecule has 0 spiro atoms. The van der Waals surface area contributed by atoms with Crippen LogP contribution in [0.3, 0.4) is 0 Å². The molecule has 0 aliphatic carbocycles. The number of carbonyl (C=O) groups is 2. The van der Waals surface area contributed by atoms with Crippen LogP contribution in [0.15, 0.2) is 18.2 Å². The molecule has 0 bridgehead atoms. The number of carbonyl (C=O) groups excluding carboxylic acids is 1. The number of hydrogen-bond acceptors (Lipinski definition) is 5. The van der Waals surface area contributed by atoms with E-state index in [4.69, 9.17) is 10.2 Å². The number of nitrogens with zero attached hydrogens (tertiary/aromatic N) is 1. The summed E-state index contributed by atoms with van der Waals surface area (Å²) in [4.78, 5) is 31.5. The van der Waals surface area contributed by atoms with Gasteiger partial charge in [0.2, 0.25) is 0 Å². The maximum Gasteiger partial charge on any atom is 0.332 e. The first-order chi connectivity index (χ1) is 9.32. The second-order valence-corrected chi connectivity index (χ2v) is 3.82. The molecule has 0 aliphatic rings. The first kappa shape index (κ1) is 15.5. The lowest BCUT2D eigenvalue weighted by Crippen LogP contribution is -2.30. The standard InChI is InChI=1S/C11H11FN2O6/c12-8-5-6(14(19)20)1-2-7(8)10(16)13-4-3-9(15)11(17)18/h1-2,5,9,15H,3-4H2,(H,13,16)(H,17,18). The van der Waals surface area contributed by atoms with Crippen molar-refractivity contribution in [2.45, 2.75) is 12.5 Å². The van der Waals surface area contributed by atoms with E-state index in [0.717, 1.165) is 12.1 Å². The lowest BCUT2D eigenvalue weighted by atomic mass is 10.1. The summed E-state index contributed by atoms with van der Waals surface area (Å²) in [5.41, 5.74) is -0.888. The molecule has 1 unspecified atom stereocenters. The third kappa shape index (κ3) is 3.99. The van der Waals surface area contributed by atoms with E-state index in [2.05, 4.69) is 5.32 Å². The first-order valence-electron chi connectivity index (χ1n) is 5.46. The van der Waals surface area contributed by atoms with Crippen molar-refractivity contribution in [1.82, 2.24) is 5.32 Å². The van der Waals surface area contributed by atoms with Crippen molar-refractivity contribution in [1.29, 1.82) is 0 Å². The van der Waals surface area contributed by atoms with Crippen molar-refractivity contribution < 1.29 is 29.1 Å². The van der Waals surface area contributed by atoms with Crippen molar-refractivity contribution in [3.8, 4) is 0 Å². The summed E-state index contributed by atoms with van der Waals surface area (Å²) >= 11 is 0. The first-order valence-corrected chi connectivity index (χ1v) is 5.46. The predicted molar refractivity (Wildman–Crippen MR) is 63.6 cm³/mol. The molecule has 3 N–H and O–H groups in total. The fourth-order valence-corrected chi connectivity index (χ4v) is 1.34. The van der Waals surface area contributed by atoms with E-state index < -0.39 is 40.0 Å². The van der Waals surface area contributed by atoms with Crippen LogP contribution in [0.4, 0.5) is 10.1 Å². The van der Waals surface area contributed by atoms with Gasteiger partial charge < -0.3 is 15.5 Å². The Hall–Kier alpha value is -2.55. The summed E-state index contributed by atoms with van der Waals surface area (Å²) < 4.78 is 13.5. The summed E-state index contributed by atoms with van der Waals surface area (Å²) in [5.74, 6) is -3.34. The van der Waals surface area contributed by atoms with E-state index in [-0.39, 0.29) is 13.0 Å². The SMILES string of the molecule is O=C(NCCC(O)C(=O)O)c1ccc([N+](=O)[O-])cc1F. The lowest BCUT2D eigenvalue weighted by molar-refractivity contribution is -0.385. The number of hydrogen-bond donors (Lipinski definition) is 3. The van der Waals surface area contributed by atoms with E-state index in [9.17, 15) is 24.1 Å². The van der Waals surface area contributed by atoms with Gasteiger partial charge in [-0.25, -0.2) is 9.18 Å². The van der Waals surface area contributed by atoms with Crippen LogP contribution < -0.4 is 5.32 Å². The number of halogens is 1. The normalized spacial score (nSPS) is 11.7. The number of amides is 1.